The summed E-state index contributed by atoms with van der Waals surface area (Å²) < 4.78 is 35.7. The SMILES string of the molecule is CCS(=O)(=O)Nc1ccc(NC(=O)CNCCOC)cc1OC.Cl. The maximum Gasteiger partial charge on any atom is 0.238 e. The van der Waals surface area contributed by atoms with Gasteiger partial charge in [0.1, 0.15) is 5.75 Å². The van der Waals surface area contributed by atoms with Crippen molar-refractivity contribution in [2.24, 2.45) is 0 Å². The second kappa shape index (κ2) is 11.1. The first-order valence-corrected chi connectivity index (χ1v) is 8.75. The molecule has 0 aliphatic carbocycles. The van der Waals surface area contributed by atoms with E-state index < -0.39 is 10.0 Å². The van der Waals surface area contributed by atoms with Crippen LogP contribution in [0.3, 0.4) is 0 Å². The smallest absolute Gasteiger partial charge is 0.238 e. The topological polar surface area (TPSA) is 106 Å². The first-order chi connectivity index (χ1) is 10.9. The number of anilines is 2. The van der Waals surface area contributed by atoms with E-state index in [4.69, 9.17) is 9.47 Å². The summed E-state index contributed by atoms with van der Waals surface area (Å²) >= 11 is 0. The number of hydrogen-bond acceptors (Lipinski definition) is 6. The Kier molecular flexibility index (Phi) is 10.4. The molecule has 24 heavy (non-hydrogen) atoms. The van der Waals surface area contributed by atoms with E-state index in [1.165, 1.54) is 7.11 Å². The number of hydrogen-bond donors (Lipinski definition) is 3. The van der Waals surface area contributed by atoms with Crippen LogP contribution in [0.4, 0.5) is 11.4 Å². The minimum atomic E-state index is -3.40. The predicted octanol–water partition coefficient (Wildman–Crippen LogP) is 1.05. The van der Waals surface area contributed by atoms with Crippen LogP contribution in [-0.4, -0.2) is 54.0 Å². The Morgan fingerprint density at radius 1 is 1.25 bits per heavy atom. The molecule has 0 unspecified atom stereocenters. The van der Waals surface area contributed by atoms with Crippen molar-refractivity contribution < 1.29 is 22.7 Å². The second-order valence-corrected chi connectivity index (χ2v) is 6.65. The van der Waals surface area contributed by atoms with Gasteiger partial charge in [-0.25, -0.2) is 8.42 Å². The number of halogens is 1. The first-order valence-electron chi connectivity index (χ1n) is 7.10. The average molecular weight is 382 g/mol. The number of nitrogens with one attached hydrogen (secondary N) is 3. The van der Waals surface area contributed by atoms with E-state index in [0.717, 1.165) is 0 Å². The summed E-state index contributed by atoms with van der Waals surface area (Å²) in [6, 6.07) is 4.70. The third-order valence-corrected chi connectivity index (χ3v) is 4.19. The number of carbonyl (C=O) groups excluding carboxylic acids is 1. The standard InChI is InChI=1S/C14H23N3O5S.ClH/c1-4-23(19,20)17-12-6-5-11(9-13(12)22-3)16-14(18)10-15-7-8-21-2;/h5-6,9,15,17H,4,7-8,10H2,1-3H3,(H,16,18);1H. The minimum Gasteiger partial charge on any atom is -0.494 e. The lowest BCUT2D eigenvalue weighted by Crippen LogP contribution is -2.30. The number of amides is 1. The fourth-order valence-corrected chi connectivity index (χ4v) is 2.32. The van der Waals surface area contributed by atoms with Crippen LogP contribution < -0.4 is 20.1 Å². The molecule has 1 amide bonds. The van der Waals surface area contributed by atoms with Crippen LogP contribution in [0.25, 0.3) is 0 Å². The van der Waals surface area contributed by atoms with Gasteiger partial charge < -0.3 is 20.1 Å². The maximum absolute atomic E-state index is 11.8. The molecule has 1 aromatic rings. The van der Waals surface area contributed by atoms with Gasteiger partial charge >= 0.3 is 0 Å². The van der Waals surface area contributed by atoms with Gasteiger partial charge in [0, 0.05) is 25.4 Å². The zero-order valence-electron chi connectivity index (χ0n) is 13.9. The van der Waals surface area contributed by atoms with Crippen molar-refractivity contribution in [2.75, 3.05) is 49.7 Å². The Labute approximate surface area is 148 Å². The van der Waals surface area contributed by atoms with E-state index in [1.54, 1.807) is 32.2 Å². The fourth-order valence-electron chi connectivity index (χ4n) is 1.67. The Morgan fingerprint density at radius 2 is 1.96 bits per heavy atom. The lowest BCUT2D eigenvalue weighted by atomic mass is 10.2. The molecule has 0 atom stereocenters. The molecule has 1 rings (SSSR count). The molecule has 8 nitrogen and oxygen atoms in total. The van der Waals surface area contributed by atoms with Crippen LogP contribution in [0, 0.1) is 0 Å². The number of rotatable bonds is 10. The summed E-state index contributed by atoms with van der Waals surface area (Å²) in [5.41, 5.74) is 0.838. The van der Waals surface area contributed by atoms with Crippen molar-refractivity contribution in [3.05, 3.63) is 18.2 Å². The Hall–Kier alpha value is -1.55. The largest absolute Gasteiger partial charge is 0.494 e. The normalized spacial score (nSPS) is 10.6. The lowest BCUT2D eigenvalue weighted by Gasteiger charge is -2.13. The Bertz CT molecular complexity index is 625. The van der Waals surface area contributed by atoms with Gasteiger partial charge in [-0.3, -0.25) is 9.52 Å². The van der Waals surface area contributed by atoms with Gasteiger partial charge in [-0.15, -0.1) is 12.4 Å². The van der Waals surface area contributed by atoms with Crippen LogP contribution in [0.15, 0.2) is 18.2 Å². The van der Waals surface area contributed by atoms with Gasteiger partial charge in [0.05, 0.1) is 31.7 Å². The van der Waals surface area contributed by atoms with E-state index in [1.807, 2.05) is 0 Å². The van der Waals surface area contributed by atoms with E-state index in [-0.39, 0.29) is 30.6 Å². The molecular weight excluding hydrogens is 358 g/mol. The summed E-state index contributed by atoms with van der Waals surface area (Å²) in [4.78, 5) is 11.8. The summed E-state index contributed by atoms with van der Waals surface area (Å²) in [5, 5.41) is 5.62. The summed E-state index contributed by atoms with van der Waals surface area (Å²) in [6.45, 7) is 2.79. The van der Waals surface area contributed by atoms with Gasteiger partial charge in [-0.2, -0.15) is 0 Å². The molecule has 0 saturated carbocycles. The quantitative estimate of drug-likeness (QED) is 0.523. The van der Waals surface area contributed by atoms with Crippen LogP contribution >= 0.6 is 12.4 Å². The van der Waals surface area contributed by atoms with E-state index in [2.05, 4.69) is 15.4 Å². The third kappa shape index (κ3) is 7.82. The lowest BCUT2D eigenvalue weighted by molar-refractivity contribution is -0.115. The molecule has 0 saturated heterocycles. The average Bonchev–Trinajstić information content (AvgIpc) is 2.53. The van der Waals surface area contributed by atoms with Crippen molar-refractivity contribution in [1.29, 1.82) is 0 Å². The third-order valence-electron chi connectivity index (χ3n) is 2.90. The molecular formula is C14H24ClN3O5S. The molecule has 1 aromatic carbocycles. The number of ether oxygens (including phenoxy) is 2. The maximum atomic E-state index is 11.8. The zero-order chi connectivity index (χ0) is 17.3. The molecule has 0 aromatic heterocycles. The van der Waals surface area contributed by atoms with Crippen LogP contribution in [0.2, 0.25) is 0 Å². The van der Waals surface area contributed by atoms with E-state index in [9.17, 15) is 13.2 Å². The zero-order valence-corrected chi connectivity index (χ0v) is 15.6. The van der Waals surface area contributed by atoms with Crippen molar-refractivity contribution in [1.82, 2.24) is 5.32 Å². The highest BCUT2D eigenvalue weighted by molar-refractivity contribution is 7.92. The van der Waals surface area contributed by atoms with Crippen LogP contribution in [0.5, 0.6) is 5.75 Å². The minimum absolute atomic E-state index is 0. The van der Waals surface area contributed by atoms with Gasteiger partial charge in [-0.1, -0.05) is 0 Å². The second-order valence-electron chi connectivity index (χ2n) is 4.64. The molecule has 0 aliphatic rings. The molecule has 3 N–H and O–H groups in total. The molecule has 0 radical (unpaired) electrons. The van der Waals surface area contributed by atoms with Crippen molar-refractivity contribution in [3.63, 3.8) is 0 Å². The monoisotopic (exact) mass is 381 g/mol. The first kappa shape index (κ1) is 22.4. The molecule has 0 aliphatic heterocycles. The van der Waals surface area contributed by atoms with E-state index in [0.29, 0.717) is 30.3 Å². The molecule has 0 heterocycles. The molecule has 10 heteroatoms. The van der Waals surface area contributed by atoms with Crippen LogP contribution in [0.1, 0.15) is 6.92 Å². The van der Waals surface area contributed by atoms with Crippen molar-refractivity contribution in [2.45, 2.75) is 6.92 Å². The van der Waals surface area contributed by atoms with Gasteiger partial charge in [0.2, 0.25) is 15.9 Å². The Morgan fingerprint density at radius 3 is 2.54 bits per heavy atom. The van der Waals surface area contributed by atoms with Crippen LogP contribution in [-0.2, 0) is 19.6 Å². The van der Waals surface area contributed by atoms with Gasteiger partial charge in [0.15, 0.2) is 0 Å². The number of benzene rings is 1. The highest BCUT2D eigenvalue weighted by Crippen LogP contribution is 2.28. The number of carbonyl (C=O) groups is 1. The fraction of sp³-hybridized carbons (Fsp3) is 0.500. The highest BCUT2D eigenvalue weighted by atomic mass is 35.5. The Balaban J connectivity index is 0.00000529. The highest BCUT2D eigenvalue weighted by Gasteiger charge is 2.12. The molecule has 0 fully saturated rings. The van der Waals surface area contributed by atoms with E-state index >= 15 is 0 Å². The number of sulfonamides is 1. The summed E-state index contributed by atoms with van der Waals surface area (Å²) in [7, 11) is -0.384. The summed E-state index contributed by atoms with van der Waals surface area (Å²) in [6.07, 6.45) is 0. The van der Waals surface area contributed by atoms with Crippen molar-refractivity contribution >= 4 is 39.7 Å². The number of methoxy groups -OCH3 is 2. The molecule has 0 bridgehead atoms. The predicted molar refractivity (Wildman–Crippen MR) is 96.7 cm³/mol. The van der Waals surface area contributed by atoms with Crippen molar-refractivity contribution in [3.8, 4) is 5.75 Å². The molecule has 138 valence electrons. The summed E-state index contributed by atoms with van der Waals surface area (Å²) in [5.74, 6) is 0.0686. The van der Waals surface area contributed by atoms with Gasteiger partial charge in [-0.05, 0) is 19.1 Å². The van der Waals surface area contributed by atoms with Gasteiger partial charge in [0.25, 0.3) is 0 Å². The molecule has 0 spiro atoms.